The predicted molar refractivity (Wildman–Crippen MR) is 532 cm³/mol. The van der Waals surface area contributed by atoms with E-state index in [9.17, 15) is 19.2 Å². The first-order chi connectivity index (χ1) is 64.2. The van der Waals surface area contributed by atoms with E-state index in [1.54, 1.807) is 61.4 Å². The van der Waals surface area contributed by atoms with Crippen molar-refractivity contribution in [3.63, 3.8) is 0 Å². The number of rotatable bonds is 11. The SMILES string of the molecule is CC(=O)C=C(C)O.CC(=O)C=C(C)O.CC(=O)C=C(C)O.CC(O)=CC(=O)c1ccccc1.[Ir].[Ir].[Ir].[Ir].[Ir].[c-]1cc2ccccc2cc1-c1nccc2ccccc12.[c-]1ccc2ccccc2c1-c1cc2ccccc2cn1.[c-]1ccccc1-c1ccccn1.[c-]1ccccc1-c1nccc2ccccc12.[c-]1ccoc1-c1nccc2ccccc12.[c-]1cnccc1-c1nccc2ccccc12. The van der Waals surface area contributed by atoms with Crippen LogP contribution in [0, 0.1) is 36.4 Å². The van der Waals surface area contributed by atoms with Crippen LogP contribution in [0.3, 0.4) is 0 Å². The predicted octanol–water partition coefficient (Wildman–Crippen LogP) is 27.8. The maximum absolute atomic E-state index is 11.2. The summed E-state index contributed by atoms with van der Waals surface area (Å²) in [6.07, 6.45) is 20.8. The van der Waals surface area contributed by atoms with Gasteiger partial charge in [-0.25, -0.2) is 0 Å². The number of hydrogen-bond acceptors (Lipinski definition) is 16. The van der Waals surface area contributed by atoms with Crippen LogP contribution < -0.4 is 0 Å². The summed E-state index contributed by atoms with van der Waals surface area (Å²) in [5.41, 5.74) is 11.5. The number of nitrogens with zero attached hydrogens (tertiary/aromatic N) is 7. The Kier molecular flexibility index (Phi) is 48.5. The second kappa shape index (κ2) is 59.6. The van der Waals surface area contributed by atoms with Gasteiger partial charge in [-0.15, -0.1) is 148 Å². The Bertz CT molecular complexity index is 6910. The van der Waals surface area contributed by atoms with Gasteiger partial charge >= 0.3 is 0 Å². The number of carbonyl (C=O) groups excluding carboxylic acids is 4. The first-order valence-electron chi connectivity index (χ1n) is 42.0. The molecule has 0 atom stereocenters. The van der Waals surface area contributed by atoms with E-state index < -0.39 is 0 Å². The summed E-state index contributed by atoms with van der Waals surface area (Å²) in [5, 5.41) is 50.5. The molecule has 0 fully saturated rings. The van der Waals surface area contributed by atoms with Gasteiger partial charge in [-0.1, -0.05) is 229 Å². The van der Waals surface area contributed by atoms with Gasteiger partial charge in [0.25, 0.3) is 0 Å². The van der Waals surface area contributed by atoms with Gasteiger partial charge < -0.3 is 54.7 Å². The van der Waals surface area contributed by atoms with Crippen molar-refractivity contribution in [2.24, 2.45) is 0 Å². The van der Waals surface area contributed by atoms with Crippen molar-refractivity contribution in [1.82, 2.24) is 34.9 Å². The van der Waals surface area contributed by atoms with E-state index in [0.717, 1.165) is 83.5 Å². The van der Waals surface area contributed by atoms with Crippen LogP contribution in [0.1, 0.15) is 58.8 Å². The molecule has 20 aromatic rings. The molecule has 0 aliphatic rings. The van der Waals surface area contributed by atoms with Crippen molar-refractivity contribution in [3.05, 3.63) is 479 Å². The van der Waals surface area contributed by atoms with Crippen LogP contribution in [-0.4, -0.2) is 78.4 Å². The molecule has 0 unspecified atom stereocenters. The monoisotopic (exact) mass is 2690 g/mol. The third-order valence-corrected chi connectivity index (χ3v) is 19.0. The van der Waals surface area contributed by atoms with Crippen molar-refractivity contribution in [2.75, 3.05) is 0 Å². The molecule has 0 saturated carbocycles. The number of benzene rings is 12. The van der Waals surface area contributed by atoms with Crippen molar-refractivity contribution in [1.29, 1.82) is 0 Å². The zero-order valence-electron chi connectivity index (χ0n) is 75.4. The Morgan fingerprint density at radius 1 is 0.285 bits per heavy atom. The molecule has 0 amide bonds. The summed E-state index contributed by atoms with van der Waals surface area (Å²) < 4.78 is 5.31. The second-order valence-electron chi connectivity index (χ2n) is 29.4. The molecule has 8 aromatic heterocycles. The third kappa shape index (κ3) is 35.6. The zero-order chi connectivity index (χ0) is 93.2. The van der Waals surface area contributed by atoms with Crippen LogP contribution in [0.4, 0.5) is 0 Å². The van der Waals surface area contributed by atoms with Crippen molar-refractivity contribution in [2.45, 2.75) is 48.5 Å². The van der Waals surface area contributed by atoms with Crippen LogP contribution in [0.15, 0.2) is 441 Å². The quantitative estimate of drug-likeness (QED) is 0.0406. The van der Waals surface area contributed by atoms with Gasteiger partial charge in [-0.2, -0.15) is 11.6 Å². The summed E-state index contributed by atoms with van der Waals surface area (Å²) in [4.78, 5) is 71.8. The minimum atomic E-state index is -0.171. The normalized spacial score (nSPS) is 10.4. The number of hydrogen-bond donors (Lipinski definition) is 4. The third-order valence-electron chi connectivity index (χ3n) is 19.0. The number of allylic oxidation sites excluding steroid dienone is 8. The Morgan fingerprint density at radius 3 is 1.12 bits per heavy atom. The molecular weight excluding hydrogens is 2600 g/mol. The molecule has 20 rings (SSSR count). The Morgan fingerprint density at radius 2 is 0.686 bits per heavy atom. The number of furan rings is 1. The van der Waals surface area contributed by atoms with Gasteiger partial charge in [-0.3, -0.25) is 24.2 Å². The van der Waals surface area contributed by atoms with Crippen LogP contribution >= 0.6 is 0 Å². The molecule has 0 aliphatic carbocycles. The van der Waals surface area contributed by atoms with Crippen LogP contribution in [-0.2, 0) is 115 Å². The average molecular weight is 2690 g/mol. The van der Waals surface area contributed by atoms with E-state index >= 15 is 0 Å². The van der Waals surface area contributed by atoms with E-state index in [0.29, 0.717) is 11.3 Å². The Labute approximate surface area is 865 Å². The molecular formula is C116H93Ir5N7O9-6. The van der Waals surface area contributed by atoms with Crippen LogP contribution in [0.25, 0.3) is 143 Å². The number of aromatic nitrogens is 7. The molecule has 0 saturated heterocycles. The molecule has 5 radical (unpaired) electrons. The average Bonchev–Trinajstić information content (AvgIpc) is 1.39. The van der Waals surface area contributed by atoms with Crippen molar-refractivity contribution < 1.29 is 145 Å². The molecule has 137 heavy (non-hydrogen) atoms. The van der Waals surface area contributed by atoms with Gasteiger partial charge in [0.1, 0.15) is 0 Å². The maximum Gasteiger partial charge on any atom is 0.189 e. The minimum absolute atomic E-state index is 0. The maximum atomic E-state index is 11.2. The number of ketones is 4. The van der Waals surface area contributed by atoms with Gasteiger partial charge in [-0.05, 0) is 180 Å². The van der Waals surface area contributed by atoms with Gasteiger partial charge in [0.2, 0.25) is 0 Å². The van der Waals surface area contributed by atoms with Crippen molar-refractivity contribution >= 4 is 98.5 Å². The number of aliphatic hydroxyl groups is 4. The fraction of sp³-hybridized carbons (Fsp3) is 0.0603. The fourth-order valence-corrected chi connectivity index (χ4v) is 13.4. The number of carbonyl (C=O) groups is 4. The first-order valence-corrected chi connectivity index (χ1v) is 42.0. The molecule has 0 bridgehead atoms. The first kappa shape index (κ1) is 112. The molecule has 16 nitrogen and oxygen atoms in total. The van der Waals surface area contributed by atoms with Crippen LogP contribution in [0.2, 0.25) is 0 Å². The minimum Gasteiger partial charge on any atom is -0.545 e. The second-order valence-corrected chi connectivity index (χ2v) is 29.4. The largest absolute Gasteiger partial charge is 0.545 e. The molecule has 0 spiro atoms. The number of pyridine rings is 7. The van der Waals surface area contributed by atoms with Crippen molar-refractivity contribution in [3.8, 4) is 67.7 Å². The summed E-state index contributed by atoms with van der Waals surface area (Å²) >= 11 is 0. The van der Waals surface area contributed by atoms with Gasteiger partial charge in [0.15, 0.2) is 23.1 Å². The Hall–Kier alpha value is -14.1. The summed E-state index contributed by atoms with van der Waals surface area (Å²) in [5.74, 6) is 0.360. The standard InChI is InChI=1S/2C19H12N.C15H10N.C14H9N2.C13H8NO.C11H8N.C10H10O2.3C5H8O2.5Ir/c1-2-8-16-13-20-19(12-15(16)7-1)18-11-5-9-14-6-3-4-10-17(14)18;1-2-7-16-13-17(10-9-14(16)5-1)19-18-8-4-3-6-15(18)11-12-20-19;1-2-7-13(8-3-1)15-14-9-5-4-6-12(14)10-11-16-15;1-2-4-13-11(3-1)7-10-16-14(13)12-5-8-15-9-6-12;1-2-5-11-10(4-1)7-8-14-13(11)12-6-3-9-15-12;1-2-6-10(7-3-1)11-8-4-5-9-12-11;1-8(11)7-10(12)9-5-3-2-4-6-9;3*1-4(6)3-5(2)7;;;;;/h1-10,12-13H;1-9,11-13H;1-7,9-11H;1-5,7-10H;1-5,7-9H;1-6,8-9H;2-7,11H,1H3;3*3,6H,1-2H3;;;;;/q6*-1;;;;;;;;;. The zero-order valence-corrected chi connectivity index (χ0v) is 87.4. The van der Waals surface area contributed by atoms with Gasteiger partial charge in [0, 0.05) is 179 Å². The number of fused-ring (bicyclic) bond motifs is 7. The molecule has 21 heteroatoms. The molecule has 697 valence electrons. The van der Waals surface area contributed by atoms with Gasteiger partial charge in [0.05, 0.1) is 23.0 Å². The Balaban J connectivity index is 0.000000237. The van der Waals surface area contributed by atoms with E-state index in [4.69, 9.17) is 24.8 Å². The summed E-state index contributed by atoms with van der Waals surface area (Å²) in [6, 6.07) is 130. The molecule has 8 heterocycles. The van der Waals surface area contributed by atoms with Crippen LogP contribution in [0.5, 0.6) is 0 Å². The summed E-state index contributed by atoms with van der Waals surface area (Å²) in [7, 11) is 0. The topological polar surface area (TPSA) is 253 Å². The molecule has 0 aliphatic heterocycles. The smallest absolute Gasteiger partial charge is 0.189 e. The van der Waals surface area contributed by atoms with E-state index in [1.165, 1.54) is 127 Å². The van der Waals surface area contributed by atoms with E-state index in [1.807, 2.05) is 195 Å². The number of aliphatic hydroxyl groups excluding tert-OH is 4. The molecule has 12 aromatic carbocycles. The summed E-state index contributed by atoms with van der Waals surface area (Å²) in [6.45, 7) is 10.0. The fourth-order valence-electron chi connectivity index (χ4n) is 13.4. The molecule has 4 N–H and O–H groups in total. The van der Waals surface area contributed by atoms with E-state index in [2.05, 4.69) is 205 Å². The van der Waals surface area contributed by atoms with E-state index in [-0.39, 0.29) is 147 Å².